The Morgan fingerprint density at radius 3 is 2.35 bits per heavy atom. The summed E-state index contributed by atoms with van der Waals surface area (Å²) in [7, 11) is 0. The molecule has 168 valence electrons. The van der Waals surface area contributed by atoms with Crippen molar-refractivity contribution in [1.29, 1.82) is 0 Å². The summed E-state index contributed by atoms with van der Waals surface area (Å²) >= 11 is 7.96. The van der Waals surface area contributed by atoms with Crippen LogP contribution in [-0.4, -0.2) is 11.9 Å². The first-order valence-electron chi connectivity index (χ1n) is 10.3. The highest BCUT2D eigenvalue weighted by molar-refractivity contribution is 14.1. The zero-order valence-corrected chi connectivity index (χ0v) is 23.5. The molecule has 7 heteroatoms. The molecule has 0 spiro atoms. The van der Waals surface area contributed by atoms with Crippen molar-refractivity contribution < 1.29 is 14.3 Å². The number of hydrogen-bond donors (Lipinski definition) is 0. The minimum Gasteiger partial charge on any atom is -0.487 e. The fourth-order valence-electron chi connectivity index (χ4n) is 3.55. The molecule has 1 heterocycles. The highest BCUT2D eigenvalue weighted by atomic mass is 127. The van der Waals surface area contributed by atoms with Gasteiger partial charge in [-0.2, -0.15) is 0 Å². The van der Waals surface area contributed by atoms with E-state index in [0.29, 0.717) is 12.5 Å². The molecule has 1 aliphatic heterocycles. The van der Waals surface area contributed by atoms with Gasteiger partial charge in [0.25, 0.3) is 0 Å². The highest BCUT2D eigenvalue weighted by Gasteiger charge is 2.24. The van der Waals surface area contributed by atoms with Crippen LogP contribution >= 0.6 is 61.1 Å². The van der Waals surface area contributed by atoms with Gasteiger partial charge in [0.1, 0.15) is 12.4 Å². The summed E-state index contributed by atoms with van der Waals surface area (Å²) in [5.41, 5.74) is 3.00. The molecular weight excluding hydrogens is 720 g/mol. The first-order valence-corrected chi connectivity index (χ1v) is 13.3. The Kier molecular flexibility index (Phi) is 7.03. The largest absolute Gasteiger partial charge is 0.487 e. The van der Waals surface area contributed by atoms with Crippen LogP contribution in [-0.2, 0) is 16.1 Å². The molecular formula is C27H16BrI2NO3. The second kappa shape index (κ2) is 10.2. The van der Waals surface area contributed by atoms with E-state index in [4.69, 9.17) is 9.47 Å². The van der Waals surface area contributed by atoms with Crippen LogP contribution in [0.3, 0.4) is 0 Å². The molecule has 0 radical (unpaired) electrons. The van der Waals surface area contributed by atoms with Gasteiger partial charge in [0.2, 0.25) is 5.90 Å². The number of fused-ring (bicyclic) bond motifs is 1. The number of esters is 1. The van der Waals surface area contributed by atoms with E-state index in [1.54, 1.807) is 6.08 Å². The maximum Gasteiger partial charge on any atom is 0.363 e. The first kappa shape index (κ1) is 23.5. The van der Waals surface area contributed by atoms with Crippen molar-refractivity contribution in [1.82, 2.24) is 0 Å². The molecule has 0 saturated heterocycles. The summed E-state index contributed by atoms with van der Waals surface area (Å²) in [5.74, 6) is 0.685. The van der Waals surface area contributed by atoms with Crippen molar-refractivity contribution in [2.75, 3.05) is 0 Å². The van der Waals surface area contributed by atoms with E-state index in [2.05, 4.69) is 66.1 Å². The third-order valence-corrected chi connectivity index (χ3v) is 7.37. The predicted molar refractivity (Wildman–Crippen MR) is 155 cm³/mol. The lowest BCUT2D eigenvalue weighted by Crippen LogP contribution is -2.05. The number of cyclic esters (lactones) is 1. The number of halogens is 3. The Labute approximate surface area is 232 Å². The zero-order valence-electron chi connectivity index (χ0n) is 17.6. The molecule has 0 atom stereocenters. The Hall–Kier alpha value is -2.24. The predicted octanol–water partition coefficient (Wildman–Crippen LogP) is 7.74. The number of aliphatic imine (C=N–C) groups is 1. The lowest BCUT2D eigenvalue weighted by atomic mass is 10.1. The van der Waals surface area contributed by atoms with Gasteiger partial charge in [0, 0.05) is 10.0 Å². The molecule has 4 aromatic carbocycles. The number of benzene rings is 4. The van der Waals surface area contributed by atoms with E-state index in [0.717, 1.165) is 44.8 Å². The fourth-order valence-corrected chi connectivity index (χ4v) is 5.94. The maximum absolute atomic E-state index is 12.5. The molecule has 5 rings (SSSR count). The lowest BCUT2D eigenvalue weighted by molar-refractivity contribution is -0.129. The Morgan fingerprint density at radius 2 is 1.62 bits per heavy atom. The molecule has 0 N–H and O–H groups in total. The van der Waals surface area contributed by atoms with Crippen molar-refractivity contribution >= 4 is 89.8 Å². The van der Waals surface area contributed by atoms with Crippen LogP contribution in [0.4, 0.5) is 0 Å². The summed E-state index contributed by atoms with van der Waals surface area (Å²) < 4.78 is 14.5. The second-order valence-electron chi connectivity index (χ2n) is 7.63. The molecule has 0 unspecified atom stereocenters. The van der Waals surface area contributed by atoms with Gasteiger partial charge < -0.3 is 9.47 Å². The molecule has 0 aliphatic carbocycles. The topological polar surface area (TPSA) is 47.9 Å². The average Bonchev–Trinajstić information content (AvgIpc) is 3.19. The van der Waals surface area contributed by atoms with Crippen molar-refractivity contribution in [2.24, 2.45) is 4.99 Å². The number of nitrogens with zero attached hydrogens (tertiary/aromatic N) is 1. The van der Waals surface area contributed by atoms with Gasteiger partial charge in [-0.05, 0) is 110 Å². The van der Waals surface area contributed by atoms with Gasteiger partial charge in [0.15, 0.2) is 5.70 Å². The van der Waals surface area contributed by atoms with Crippen LogP contribution in [0.5, 0.6) is 5.75 Å². The molecule has 1 aliphatic rings. The standard InChI is InChI=1S/C27H16BrI2NO3/c28-21-9-5-16(6-10-21)15-33-25-22(29)11-17(12-23(25)30)13-24-27(32)34-26(31-24)20-8-7-18-3-1-2-4-19(18)14-20/h1-14H,15H2/b24-13-. The normalized spacial score (nSPS) is 14.4. The first-order chi connectivity index (χ1) is 16.5. The molecule has 0 saturated carbocycles. The van der Waals surface area contributed by atoms with Crippen LogP contribution in [0.25, 0.3) is 16.8 Å². The van der Waals surface area contributed by atoms with Crippen LogP contribution in [0.1, 0.15) is 16.7 Å². The summed E-state index contributed by atoms with van der Waals surface area (Å²) in [6, 6.07) is 25.9. The van der Waals surface area contributed by atoms with E-state index in [1.165, 1.54) is 0 Å². The van der Waals surface area contributed by atoms with Crippen LogP contribution in [0, 0.1) is 7.14 Å². The fraction of sp³-hybridized carbons (Fsp3) is 0.0370. The van der Waals surface area contributed by atoms with Gasteiger partial charge in [0.05, 0.1) is 7.14 Å². The maximum atomic E-state index is 12.5. The second-order valence-corrected chi connectivity index (χ2v) is 10.9. The Balaban J connectivity index is 1.38. The van der Waals surface area contributed by atoms with Crippen molar-refractivity contribution in [3.8, 4) is 5.75 Å². The summed E-state index contributed by atoms with van der Waals surface area (Å²) in [6.45, 7) is 0.478. The SMILES string of the molecule is O=C1OC(c2ccc3ccccc3c2)=N/C1=C\c1cc(I)c(OCc2ccc(Br)cc2)c(I)c1. The number of carbonyl (C=O) groups excluding carboxylic acids is 1. The van der Waals surface area contributed by atoms with E-state index < -0.39 is 5.97 Å². The van der Waals surface area contributed by atoms with Gasteiger partial charge in [-0.25, -0.2) is 9.79 Å². The minimum atomic E-state index is -0.455. The molecule has 0 bridgehead atoms. The quantitative estimate of drug-likeness (QED) is 0.120. The smallest absolute Gasteiger partial charge is 0.363 e. The van der Waals surface area contributed by atoms with Gasteiger partial charge in [-0.1, -0.05) is 58.4 Å². The highest BCUT2D eigenvalue weighted by Crippen LogP contribution is 2.31. The Morgan fingerprint density at radius 1 is 0.912 bits per heavy atom. The summed E-state index contributed by atoms with van der Waals surface area (Å²) in [4.78, 5) is 17.0. The monoisotopic (exact) mass is 735 g/mol. The van der Waals surface area contributed by atoms with E-state index in [9.17, 15) is 4.79 Å². The third kappa shape index (κ3) is 5.21. The number of ether oxygens (including phenoxy) is 2. The van der Waals surface area contributed by atoms with Gasteiger partial charge >= 0.3 is 5.97 Å². The van der Waals surface area contributed by atoms with Crippen molar-refractivity contribution in [3.63, 3.8) is 0 Å². The average molecular weight is 736 g/mol. The van der Waals surface area contributed by atoms with E-state index in [1.807, 2.05) is 78.9 Å². The van der Waals surface area contributed by atoms with Crippen LogP contribution < -0.4 is 4.74 Å². The van der Waals surface area contributed by atoms with Crippen molar-refractivity contribution in [2.45, 2.75) is 6.61 Å². The molecule has 4 aromatic rings. The van der Waals surface area contributed by atoms with E-state index >= 15 is 0 Å². The Bertz CT molecular complexity index is 1460. The number of hydrogen-bond acceptors (Lipinski definition) is 4. The summed E-state index contributed by atoms with van der Waals surface area (Å²) in [6.07, 6.45) is 1.75. The van der Waals surface area contributed by atoms with Gasteiger partial charge in [-0.15, -0.1) is 0 Å². The molecule has 4 nitrogen and oxygen atoms in total. The van der Waals surface area contributed by atoms with Crippen LogP contribution in [0.15, 0.2) is 94.0 Å². The van der Waals surface area contributed by atoms with E-state index in [-0.39, 0.29) is 5.70 Å². The third-order valence-electron chi connectivity index (χ3n) is 5.24. The number of carbonyl (C=O) groups is 1. The van der Waals surface area contributed by atoms with Gasteiger partial charge in [-0.3, -0.25) is 0 Å². The number of rotatable bonds is 5. The minimum absolute atomic E-state index is 0.276. The summed E-state index contributed by atoms with van der Waals surface area (Å²) in [5, 5.41) is 2.19. The zero-order chi connectivity index (χ0) is 23.7. The molecule has 0 aromatic heterocycles. The molecule has 34 heavy (non-hydrogen) atoms. The van der Waals surface area contributed by atoms with Crippen molar-refractivity contribution in [3.05, 3.63) is 113 Å². The lowest BCUT2D eigenvalue weighted by Gasteiger charge is -2.11. The molecule has 0 fully saturated rings. The van der Waals surface area contributed by atoms with Crippen LogP contribution in [0.2, 0.25) is 0 Å². The molecule has 0 amide bonds.